The number of rotatable bonds is 7. The number of carbonyl (C=O) groups excluding carboxylic acids is 1. The summed E-state index contributed by atoms with van der Waals surface area (Å²) >= 11 is 0. The monoisotopic (exact) mass is 476 g/mol. The van der Waals surface area contributed by atoms with Crippen LogP contribution in [0, 0.1) is 0 Å². The Balaban J connectivity index is 1.45. The molecular formula is C20H20N4O8S. The van der Waals surface area contributed by atoms with Crippen molar-refractivity contribution in [3.05, 3.63) is 41.9 Å². The number of sulfonamides is 1. The second kappa shape index (κ2) is 8.94. The second-order valence-electron chi connectivity index (χ2n) is 6.84. The summed E-state index contributed by atoms with van der Waals surface area (Å²) in [6, 6.07) is 3.31. The van der Waals surface area contributed by atoms with E-state index in [1.807, 2.05) is 0 Å². The molecule has 0 spiro atoms. The molecule has 2 aliphatic heterocycles. The Bertz CT molecular complexity index is 1250. The van der Waals surface area contributed by atoms with Crippen LogP contribution in [0.25, 0.3) is 11.5 Å². The summed E-state index contributed by atoms with van der Waals surface area (Å²) in [4.78, 5) is 14.0. The van der Waals surface area contributed by atoms with Gasteiger partial charge >= 0.3 is 5.97 Å². The smallest absolute Gasteiger partial charge is 0.340 e. The number of benzene rings is 1. The van der Waals surface area contributed by atoms with E-state index in [-0.39, 0.29) is 42.1 Å². The van der Waals surface area contributed by atoms with Gasteiger partial charge in [-0.15, -0.1) is 14.6 Å². The molecule has 1 aromatic heterocycles. The molecule has 3 heterocycles. The van der Waals surface area contributed by atoms with Crippen LogP contribution >= 0.6 is 0 Å². The highest BCUT2D eigenvalue weighted by molar-refractivity contribution is 7.90. The van der Waals surface area contributed by atoms with Gasteiger partial charge in [-0.2, -0.15) is 0 Å². The predicted molar refractivity (Wildman–Crippen MR) is 114 cm³/mol. The minimum atomic E-state index is -3.47. The molecule has 4 rings (SSSR count). The molecule has 0 saturated carbocycles. The van der Waals surface area contributed by atoms with Crippen LogP contribution in [0.15, 0.2) is 44.9 Å². The average molecular weight is 476 g/mol. The van der Waals surface area contributed by atoms with Gasteiger partial charge in [-0.25, -0.2) is 13.2 Å². The maximum absolute atomic E-state index is 12.4. The molecule has 2 aliphatic rings. The van der Waals surface area contributed by atoms with Crippen molar-refractivity contribution in [3.63, 3.8) is 0 Å². The Morgan fingerprint density at radius 3 is 2.48 bits per heavy atom. The summed E-state index contributed by atoms with van der Waals surface area (Å²) in [7, 11) is 1.01. The van der Waals surface area contributed by atoms with Crippen molar-refractivity contribution in [1.29, 1.82) is 0 Å². The molecule has 0 fully saturated rings. The van der Waals surface area contributed by atoms with Crippen molar-refractivity contribution in [2.24, 2.45) is 4.40 Å². The molecule has 0 radical (unpaired) electrons. The molecule has 0 saturated heterocycles. The van der Waals surface area contributed by atoms with Crippen LogP contribution in [0.3, 0.4) is 0 Å². The van der Waals surface area contributed by atoms with Crippen LogP contribution in [0.2, 0.25) is 0 Å². The summed E-state index contributed by atoms with van der Waals surface area (Å²) in [5.74, 6) is 1.01. The minimum absolute atomic E-state index is 0.0822. The molecule has 13 heteroatoms. The van der Waals surface area contributed by atoms with Gasteiger partial charge in [-0.1, -0.05) is 0 Å². The average Bonchev–Trinajstić information content (AvgIpc) is 3.29. The third-order valence-corrected chi connectivity index (χ3v) is 5.93. The van der Waals surface area contributed by atoms with Crippen LogP contribution in [0.5, 0.6) is 17.2 Å². The molecule has 0 amide bonds. The van der Waals surface area contributed by atoms with E-state index in [9.17, 15) is 13.2 Å². The van der Waals surface area contributed by atoms with E-state index in [2.05, 4.69) is 14.6 Å². The Kier molecular flexibility index (Phi) is 6.05. The van der Waals surface area contributed by atoms with Gasteiger partial charge in [0.1, 0.15) is 5.84 Å². The molecule has 0 bridgehead atoms. The van der Waals surface area contributed by atoms with E-state index in [4.69, 9.17) is 23.4 Å². The zero-order chi connectivity index (χ0) is 23.6. The number of hydrogen-bond donors (Lipinski definition) is 0. The van der Waals surface area contributed by atoms with Crippen LogP contribution in [-0.2, 0) is 26.2 Å². The lowest BCUT2D eigenvalue weighted by atomic mass is 10.2. The molecule has 0 atom stereocenters. The summed E-state index contributed by atoms with van der Waals surface area (Å²) < 4.78 is 53.6. The fourth-order valence-electron chi connectivity index (χ4n) is 3.17. The van der Waals surface area contributed by atoms with E-state index in [0.717, 1.165) is 0 Å². The van der Waals surface area contributed by atoms with Crippen LogP contribution in [-0.4, -0.2) is 68.9 Å². The lowest BCUT2D eigenvalue weighted by Gasteiger charge is -2.26. The molecule has 174 valence electrons. The molecule has 33 heavy (non-hydrogen) atoms. The first-order chi connectivity index (χ1) is 15.8. The van der Waals surface area contributed by atoms with Gasteiger partial charge in [0.25, 0.3) is 15.9 Å². The number of fused-ring (bicyclic) bond motifs is 1. The molecule has 12 nitrogen and oxygen atoms in total. The Hall–Kier alpha value is -3.87. The molecule has 2 aromatic rings. The van der Waals surface area contributed by atoms with E-state index in [1.54, 1.807) is 17.0 Å². The van der Waals surface area contributed by atoms with Crippen molar-refractivity contribution in [3.8, 4) is 28.7 Å². The van der Waals surface area contributed by atoms with Gasteiger partial charge in [-0.3, -0.25) is 0 Å². The van der Waals surface area contributed by atoms with Gasteiger partial charge in [0.15, 0.2) is 18.1 Å². The predicted octanol–water partition coefficient (Wildman–Crippen LogP) is 1.30. The quantitative estimate of drug-likeness (QED) is 0.534. The number of amidine groups is 1. The van der Waals surface area contributed by atoms with Gasteiger partial charge in [-0.05, 0) is 24.3 Å². The number of esters is 1. The van der Waals surface area contributed by atoms with Gasteiger partial charge in [0.05, 0.1) is 32.7 Å². The topological polar surface area (TPSA) is 143 Å². The number of methoxy groups -OCH3 is 3. The fourth-order valence-corrected chi connectivity index (χ4v) is 4.13. The number of hydrogen-bond acceptors (Lipinski definition) is 11. The third kappa shape index (κ3) is 4.67. The summed E-state index contributed by atoms with van der Waals surface area (Å²) in [5.41, 5.74) is 0.761. The fraction of sp³-hybridized carbons (Fsp3) is 0.300. The van der Waals surface area contributed by atoms with E-state index in [0.29, 0.717) is 22.8 Å². The summed E-state index contributed by atoms with van der Waals surface area (Å²) in [5, 5.41) is 7.89. The Labute approximate surface area is 189 Å². The van der Waals surface area contributed by atoms with Crippen LogP contribution in [0.4, 0.5) is 0 Å². The van der Waals surface area contributed by atoms with Crippen molar-refractivity contribution >= 4 is 21.8 Å². The summed E-state index contributed by atoms with van der Waals surface area (Å²) in [6.45, 7) is -0.0547. The van der Waals surface area contributed by atoms with Crippen molar-refractivity contribution in [2.45, 2.75) is 6.61 Å². The van der Waals surface area contributed by atoms with Crippen LogP contribution in [0.1, 0.15) is 5.89 Å². The number of carbonyl (C=O) groups is 1. The second-order valence-corrected chi connectivity index (χ2v) is 8.59. The third-order valence-electron chi connectivity index (χ3n) is 4.76. The number of aromatic nitrogens is 2. The number of ether oxygens (including phenoxy) is 4. The lowest BCUT2D eigenvalue weighted by molar-refractivity contribution is -0.140. The Morgan fingerprint density at radius 2 is 1.82 bits per heavy atom. The zero-order valence-corrected chi connectivity index (χ0v) is 18.8. The number of nitrogens with zero attached hydrogens (tertiary/aromatic N) is 4. The van der Waals surface area contributed by atoms with Crippen LogP contribution < -0.4 is 14.2 Å². The normalized spacial score (nSPS) is 16.4. The SMILES string of the molecule is COc1cc(-c2nnc(COC(=O)C3=CN4CCS(=O)(=O)N=C4C=C3)o2)cc(OC)c1OC. The molecular weight excluding hydrogens is 456 g/mol. The van der Waals surface area contributed by atoms with E-state index >= 15 is 0 Å². The molecule has 1 aromatic carbocycles. The van der Waals surface area contributed by atoms with Gasteiger partial charge in [0.2, 0.25) is 11.6 Å². The standard InChI is InChI=1S/C20H20N4O8S/c1-28-14-8-13(9-15(29-2)18(14)30-3)19-22-21-17(32-19)11-31-20(25)12-4-5-16-23-33(26,27)7-6-24(16)10-12/h4-5,8-10H,6-7,11H2,1-3H3. The van der Waals surface area contributed by atoms with Crippen molar-refractivity contribution in [1.82, 2.24) is 15.1 Å². The largest absolute Gasteiger partial charge is 0.493 e. The van der Waals surface area contributed by atoms with E-state index < -0.39 is 16.0 Å². The maximum Gasteiger partial charge on any atom is 0.340 e. The highest BCUT2D eigenvalue weighted by atomic mass is 32.2. The molecule has 0 N–H and O–H groups in total. The van der Waals surface area contributed by atoms with Crippen molar-refractivity contribution < 1.29 is 36.6 Å². The molecule has 0 unspecified atom stereocenters. The molecule has 0 aliphatic carbocycles. The highest BCUT2D eigenvalue weighted by Crippen LogP contribution is 2.40. The Morgan fingerprint density at radius 1 is 1.09 bits per heavy atom. The van der Waals surface area contributed by atoms with Crippen molar-refractivity contribution in [2.75, 3.05) is 33.6 Å². The summed E-state index contributed by atoms with van der Waals surface area (Å²) in [6.07, 6.45) is 4.38. The van der Waals surface area contributed by atoms with Gasteiger partial charge in [0, 0.05) is 18.3 Å². The van der Waals surface area contributed by atoms with E-state index in [1.165, 1.54) is 39.7 Å². The highest BCUT2D eigenvalue weighted by Gasteiger charge is 2.26. The first-order valence-electron chi connectivity index (χ1n) is 9.62. The first kappa shape index (κ1) is 22.3. The first-order valence-corrected chi connectivity index (χ1v) is 11.2. The lowest BCUT2D eigenvalue weighted by Crippen LogP contribution is -2.37. The minimum Gasteiger partial charge on any atom is -0.493 e. The van der Waals surface area contributed by atoms with Gasteiger partial charge < -0.3 is 28.3 Å². The maximum atomic E-state index is 12.4. The zero-order valence-electron chi connectivity index (χ0n) is 18.0.